The average Bonchev–Trinajstić information content (AvgIpc) is 3.67. The molecule has 1 aliphatic rings. The molecule has 3 aromatic rings. The molecule has 0 bridgehead atoms. The van der Waals surface area contributed by atoms with Crippen molar-refractivity contribution in [3.63, 3.8) is 0 Å². The van der Waals surface area contributed by atoms with Crippen LogP contribution in [0.4, 0.5) is 33.7 Å². The first-order valence-corrected chi connectivity index (χ1v) is 11.0. The number of amides is 2. The van der Waals surface area contributed by atoms with Gasteiger partial charge in [0.25, 0.3) is 0 Å². The number of urea groups is 1. The highest BCUT2D eigenvalue weighted by atomic mass is 19.4. The molecule has 2 amide bonds. The van der Waals surface area contributed by atoms with Crippen LogP contribution >= 0.6 is 0 Å². The van der Waals surface area contributed by atoms with E-state index in [1.807, 2.05) is 6.07 Å². The lowest BCUT2D eigenvalue weighted by molar-refractivity contribution is -0.139. The maximum absolute atomic E-state index is 13.6. The van der Waals surface area contributed by atoms with Gasteiger partial charge in [-0.05, 0) is 66.4 Å². The Balaban J connectivity index is 1.55. The highest BCUT2D eigenvalue weighted by Crippen LogP contribution is 2.33. The Labute approximate surface area is 200 Å². The topological polar surface area (TPSA) is 68.2 Å². The normalized spacial score (nSPS) is 13.2. The van der Waals surface area contributed by atoms with Crippen molar-refractivity contribution in [1.82, 2.24) is 5.32 Å². The molecule has 3 aromatic carbocycles. The van der Waals surface area contributed by atoms with E-state index in [1.54, 1.807) is 42.5 Å². The molecule has 0 unspecified atom stereocenters. The number of hydrogen-bond donors (Lipinski definition) is 2. The van der Waals surface area contributed by atoms with Crippen molar-refractivity contribution in [3.8, 4) is 17.2 Å². The number of carbonyl (C=O) groups is 1. The van der Waals surface area contributed by atoms with Crippen molar-refractivity contribution in [3.05, 3.63) is 83.7 Å². The lowest BCUT2D eigenvalue weighted by Gasteiger charge is -2.24. The van der Waals surface area contributed by atoms with Crippen LogP contribution in [0.3, 0.4) is 0 Å². The van der Waals surface area contributed by atoms with Crippen LogP contribution in [0, 0.1) is 17.1 Å². The van der Waals surface area contributed by atoms with E-state index >= 15 is 0 Å². The third kappa shape index (κ3) is 6.16. The number of anilines is 2. The fourth-order valence-corrected chi connectivity index (χ4v) is 3.63. The molecule has 1 saturated carbocycles. The lowest BCUT2D eigenvalue weighted by Crippen LogP contribution is -2.40. The van der Waals surface area contributed by atoms with E-state index in [9.17, 15) is 22.4 Å². The van der Waals surface area contributed by atoms with Gasteiger partial charge in [0.15, 0.2) is 0 Å². The van der Waals surface area contributed by atoms with E-state index < -0.39 is 23.6 Å². The van der Waals surface area contributed by atoms with Crippen molar-refractivity contribution < 1.29 is 22.4 Å². The standard InChI is InChI=1S/C26H22F4N4O/c27-24-11-8-21(15-23(24)26(28,29)30)33-25(35)34(13-12-32-20-6-7-20)22-9-4-18(5-10-22)19-3-1-2-17(14-19)16-31/h1-5,8-11,14-15,20,32H,6-7,12-13H2,(H,33,35). The molecule has 1 fully saturated rings. The second kappa shape index (κ2) is 10.2. The lowest BCUT2D eigenvalue weighted by atomic mass is 10.0. The summed E-state index contributed by atoms with van der Waals surface area (Å²) < 4.78 is 52.9. The largest absolute Gasteiger partial charge is 0.419 e. The maximum atomic E-state index is 13.6. The summed E-state index contributed by atoms with van der Waals surface area (Å²) in [5.74, 6) is -1.41. The molecule has 2 N–H and O–H groups in total. The van der Waals surface area contributed by atoms with Crippen LogP contribution in [0.2, 0.25) is 0 Å². The van der Waals surface area contributed by atoms with Crippen LogP contribution in [-0.4, -0.2) is 25.2 Å². The van der Waals surface area contributed by atoms with Gasteiger partial charge in [0.1, 0.15) is 5.82 Å². The van der Waals surface area contributed by atoms with Gasteiger partial charge in [-0.1, -0.05) is 24.3 Å². The molecular weight excluding hydrogens is 460 g/mol. The van der Waals surface area contributed by atoms with Crippen molar-refractivity contribution in [2.75, 3.05) is 23.3 Å². The molecule has 0 atom stereocenters. The van der Waals surface area contributed by atoms with Gasteiger partial charge in [0.05, 0.1) is 17.2 Å². The second-order valence-corrected chi connectivity index (χ2v) is 8.24. The SMILES string of the molecule is N#Cc1cccc(-c2ccc(N(CCNC3CC3)C(=O)Nc3ccc(F)c(C(F)(F)F)c3)cc2)c1. The van der Waals surface area contributed by atoms with Crippen LogP contribution in [-0.2, 0) is 6.18 Å². The van der Waals surface area contributed by atoms with Crippen LogP contribution in [0.5, 0.6) is 0 Å². The molecule has 4 rings (SSSR count). The number of rotatable bonds is 7. The summed E-state index contributed by atoms with van der Waals surface area (Å²) in [6.45, 7) is 0.778. The van der Waals surface area contributed by atoms with Crippen LogP contribution in [0.15, 0.2) is 66.7 Å². The van der Waals surface area contributed by atoms with Crippen LogP contribution in [0.1, 0.15) is 24.0 Å². The number of nitriles is 1. The van der Waals surface area contributed by atoms with E-state index in [1.165, 1.54) is 4.90 Å². The van der Waals surface area contributed by atoms with Gasteiger partial charge in [-0.3, -0.25) is 4.90 Å². The number of benzene rings is 3. The Morgan fingerprint density at radius 1 is 1.03 bits per heavy atom. The number of hydrogen-bond acceptors (Lipinski definition) is 3. The Hall–Kier alpha value is -3.90. The minimum atomic E-state index is -4.88. The van der Waals surface area contributed by atoms with E-state index in [4.69, 9.17) is 5.26 Å². The predicted octanol–water partition coefficient (Wildman–Crippen LogP) is 6.17. The first kappa shape index (κ1) is 24.2. The molecule has 0 saturated heterocycles. The highest BCUT2D eigenvalue weighted by Gasteiger charge is 2.34. The zero-order valence-corrected chi connectivity index (χ0v) is 18.6. The predicted molar refractivity (Wildman–Crippen MR) is 125 cm³/mol. The van der Waals surface area contributed by atoms with Crippen molar-refractivity contribution in [2.45, 2.75) is 25.1 Å². The monoisotopic (exact) mass is 482 g/mol. The van der Waals surface area contributed by atoms with Gasteiger partial charge in [0, 0.05) is 30.5 Å². The molecule has 0 aromatic heterocycles. The molecule has 0 heterocycles. The maximum Gasteiger partial charge on any atom is 0.419 e. The quantitative estimate of drug-likeness (QED) is 0.396. The number of nitrogens with one attached hydrogen (secondary N) is 2. The van der Waals surface area contributed by atoms with Crippen molar-refractivity contribution in [1.29, 1.82) is 5.26 Å². The van der Waals surface area contributed by atoms with Gasteiger partial charge in [-0.25, -0.2) is 9.18 Å². The molecule has 0 aliphatic heterocycles. The number of alkyl halides is 3. The average molecular weight is 482 g/mol. The van der Waals surface area contributed by atoms with Gasteiger partial charge in [0.2, 0.25) is 0 Å². The summed E-state index contributed by atoms with van der Waals surface area (Å²) in [6.07, 6.45) is -2.74. The van der Waals surface area contributed by atoms with E-state index in [0.717, 1.165) is 30.0 Å². The van der Waals surface area contributed by atoms with Crippen molar-refractivity contribution in [2.24, 2.45) is 0 Å². The van der Waals surface area contributed by atoms with E-state index in [-0.39, 0.29) is 12.2 Å². The third-order valence-corrected chi connectivity index (χ3v) is 5.62. The van der Waals surface area contributed by atoms with Crippen LogP contribution in [0.25, 0.3) is 11.1 Å². The van der Waals surface area contributed by atoms with Gasteiger partial charge >= 0.3 is 12.2 Å². The summed E-state index contributed by atoms with van der Waals surface area (Å²) in [5.41, 5.74) is 1.15. The van der Waals surface area contributed by atoms with Gasteiger partial charge in [-0.2, -0.15) is 18.4 Å². The second-order valence-electron chi connectivity index (χ2n) is 8.24. The number of nitrogens with zero attached hydrogens (tertiary/aromatic N) is 2. The molecular formula is C26H22F4N4O. The minimum Gasteiger partial charge on any atom is -0.312 e. The van der Waals surface area contributed by atoms with Crippen LogP contribution < -0.4 is 15.5 Å². The smallest absolute Gasteiger partial charge is 0.312 e. The Bertz CT molecular complexity index is 1250. The summed E-state index contributed by atoms with van der Waals surface area (Å²) in [7, 11) is 0. The summed E-state index contributed by atoms with van der Waals surface area (Å²) in [5, 5.41) is 14.9. The first-order valence-electron chi connectivity index (χ1n) is 11.0. The first-order chi connectivity index (χ1) is 16.7. The number of carbonyl (C=O) groups excluding carboxylic acids is 1. The Morgan fingerprint density at radius 3 is 2.43 bits per heavy atom. The fourth-order valence-electron chi connectivity index (χ4n) is 3.63. The Morgan fingerprint density at radius 2 is 1.77 bits per heavy atom. The summed E-state index contributed by atoms with van der Waals surface area (Å²) in [6, 6.07) is 18.4. The van der Waals surface area contributed by atoms with Crippen molar-refractivity contribution >= 4 is 17.4 Å². The molecule has 5 nitrogen and oxygen atoms in total. The zero-order valence-electron chi connectivity index (χ0n) is 18.6. The molecule has 0 spiro atoms. The summed E-state index contributed by atoms with van der Waals surface area (Å²) in [4.78, 5) is 14.5. The third-order valence-electron chi connectivity index (χ3n) is 5.62. The molecule has 35 heavy (non-hydrogen) atoms. The van der Waals surface area contributed by atoms with E-state index in [0.29, 0.717) is 36.0 Å². The fraction of sp³-hybridized carbons (Fsp3) is 0.231. The molecule has 0 radical (unpaired) electrons. The summed E-state index contributed by atoms with van der Waals surface area (Å²) >= 11 is 0. The highest BCUT2D eigenvalue weighted by molar-refractivity contribution is 6.02. The zero-order chi connectivity index (χ0) is 25.0. The van der Waals surface area contributed by atoms with E-state index in [2.05, 4.69) is 16.7 Å². The number of halogens is 4. The van der Waals surface area contributed by atoms with Gasteiger partial charge < -0.3 is 10.6 Å². The Kier molecular flexibility index (Phi) is 7.03. The molecule has 9 heteroatoms. The van der Waals surface area contributed by atoms with Gasteiger partial charge in [-0.15, -0.1) is 0 Å². The minimum absolute atomic E-state index is 0.159. The molecule has 1 aliphatic carbocycles. The molecule has 180 valence electrons.